The maximum Gasteiger partial charge on any atom is 0.0510 e. The fourth-order valence-electron chi connectivity index (χ4n) is 6.55. The molecule has 0 amide bonds. The molecule has 1 heterocycles. The zero-order valence-corrected chi connectivity index (χ0v) is 30.8. The lowest BCUT2D eigenvalue weighted by atomic mass is 9.98. The number of hydrogen-bond donors (Lipinski definition) is 1. The lowest BCUT2D eigenvalue weighted by molar-refractivity contribution is 0.0482. The van der Waals surface area contributed by atoms with Crippen LogP contribution in [0.1, 0.15) is 194 Å². The lowest BCUT2D eigenvalue weighted by Crippen LogP contribution is -2.23. The zero-order chi connectivity index (χ0) is 32.1. The van der Waals surface area contributed by atoms with Crippen molar-refractivity contribution >= 4 is 0 Å². The van der Waals surface area contributed by atoms with E-state index in [-0.39, 0.29) is 0 Å². The summed E-state index contributed by atoms with van der Waals surface area (Å²) in [4.78, 5) is 0. The van der Waals surface area contributed by atoms with Crippen molar-refractivity contribution < 1.29 is 9.47 Å². The van der Waals surface area contributed by atoms with Crippen molar-refractivity contribution in [1.29, 1.82) is 0 Å². The van der Waals surface area contributed by atoms with Crippen LogP contribution in [-0.2, 0) is 9.47 Å². The van der Waals surface area contributed by atoms with Gasteiger partial charge in [0.15, 0.2) is 0 Å². The first-order valence-electron chi connectivity index (χ1n) is 20.5. The predicted octanol–water partition coefficient (Wildman–Crippen LogP) is 12.9. The molecule has 1 saturated heterocycles. The van der Waals surface area contributed by atoms with Crippen LogP contribution in [0.25, 0.3) is 0 Å². The van der Waals surface area contributed by atoms with Crippen LogP contribution in [0.15, 0.2) is 24.3 Å². The molecule has 0 saturated carbocycles. The Balaban J connectivity index is 1.80. The summed E-state index contributed by atoms with van der Waals surface area (Å²) in [6.07, 6.45) is 47.7. The van der Waals surface area contributed by atoms with Crippen LogP contribution in [-0.4, -0.2) is 39.5 Å². The van der Waals surface area contributed by atoms with Gasteiger partial charge in [0.25, 0.3) is 0 Å². The number of hydrogen-bond acceptors (Lipinski definition) is 3. The Morgan fingerprint density at radius 3 is 1.02 bits per heavy atom. The molecule has 0 radical (unpaired) electrons. The van der Waals surface area contributed by atoms with Gasteiger partial charge in [-0.3, -0.25) is 0 Å². The number of ether oxygens (including phenoxy) is 2. The summed E-state index contributed by atoms with van der Waals surface area (Å²) in [7, 11) is 0. The topological polar surface area (TPSA) is 30.5 Å². The molecule has 266 valence electrons. The average Bonchev–Trinajstić information content (AvgIpc) is 3.50. The third kappa shape index (κ3) is 30.4. The number of allylic oxidation sites excluding steroid dienone is 4. The average molecular weight is 632 g/mol. The molecule has 3 heteroatoms. The van der Waals surface area contributed by atoms with Gasteiger partial charge in [0, 0.05) is 38.1 Å². The summed E-state index contributed by atoms with van der Waals surface area (Å²) < 4.78 is 12.2. The largest absolute Gasteiger partial charge is 0.381 e. The molecule has 0 aromatic heterocycles. The molecule has 2 atom stereocenters. The first-order valence-corrected chi connectivity index (χ1v) is 20.5. The molecule has 1 fully saturated rings. The maximum atomic E-state index is 6.10. The van der Waals surface area contributed by atoms with Gasteiger partial charge in [-0.2, -0.15) is 0 Å². The van der Waals surface area contributed by atoms with E-state index >= 15 is 0 Å². The quantitative estimate of drug-likeness (QED) is 0.0551. The Hall–Kier alpha value is -0.640. The minimum absolute atomic E-state index is 0.624. The molecule has 0 aliphatic carbocycles. The molecule has 1 aliphatic heterocycles. The summed E-state index contributed by atoms with van der Waals surface area (Å²) in [5.41, 5.74) is 0. The molecule has 3 nitrogen and oxygen atoms in total. The molecule has 1 aliphatic rings. The van der Waals surface area contributed by atoms with Crippen LogP contribution in [0.5, 0.6) is 0 Å². The molecule has 0 aromatic rings. The second-order valence-electron chi connectivity index (χ2n) is 14.2. The summed E-state index contributed by atoms with van der Waals surface area (Å²) in [6, 6.07) is 0. The highest BCUT2D eigenvalue weighted by atomic mass is 16.5. The lowest BCUT2D eigenvalue weighted by Gasteiger charge is -2.18. The van der Waals surface area contributed by atoms with Crippen LogP contribution >= 0.6 is 0 Å². The first-order chi connectivity index (χ1) is 22.4. The fourth-order valence-corrected chi connectivity index (χ4v) is 6.55. The van der Waals surface area contributed by atoms with E-state index in [9.17, 15) is 0 Å². The van der Waals surface area contributed by atoms with Gasteiger partial charge in [-0.05, 0) is 64.2 Å². The van der Waals surface area contributed by atoms with Gasteiger partial charge in [-0.15, -0.1) is 0 Å². The van der Waals surface area contributed by atoms with Crippen LogP contribution in [0.2, 0.25) is 0 Å². The molecule has 0 spiro atoms. The van der Waals surface area contributed by atoms with E-state index < -0.39 is 0 Å². The second-order valence-corrected chi connectivity index (χ2v) is 14.2. The number of unbranched alkanes of at least 4 members (excludes halogenated alkanes) is 24. The van der Waals surface area contributed by atoms with Gasteiger partial charge in [-0.1, -0.05) is 154 Å². The maximum absolute atomic E-state index is 6.10. The zero-order valence-electron chi connectivity index (χ0n) is 30.8. The van der Waals surface area contributed by atoms with Crippen molar-refractivity contribution in [2.24, 2.45) is 11.8 Å². The van der Waals surface area contributed by atoms with E-state index in [4.69, 9.17) is 9.47 Å². The van der Waals surface area contributed by atoms with E-state index in [1.54, 1.807) is 0 Å². The van der Waals surface area contributed by atoms with Crippen molar-refractivity contribution in [3.8, 4) is 0 Å². The van der Waals surface area contributed by atoms with Gasteiger partial charge in [0.2, 0.25) is 0 Å². The van der Waals surface area contributed by atoms with Gasteiger partial charge in [-0.25, -0.2) is 0 Å². The Morgan fingerprint density at radius 2 is 0.689 bits per heavy atom. The minimum atomic E-state index is 0.624. The molecular formula is C42H81NO2. The third-order valence-electron chi connectivity index (χ3n) is 9.74. The van der Waals surface area contributed by atoms with E-state index in [0.717, 1.165) is 39.5 Å². The monoisotopic (exact) mass is 632 g/mol. The standard InChI is InChI=1S/C42H81NO2/c1-3-5-7-9-11-13-15-17-19-21-23-25-27-29-31-33-35-44-39-41-37-43-38-42(41)40-45-36-34-32-30-28-26-24-22-20-18-16-14-12-10-8-6-4-2/h17-20,41-43H,3-16,21-40H2,1-2H3/b19-17-,20-18-/t41-,42-/m1/s1. The number of rotatable bonds is 36. The molecular weight excluding hydrogens is 550 g/mol. The first kappa shape index (κ1) is 42.4. The van der Waals surface area contributed by atoms with Gasteiger partial charge in [0.05, 0.1) is 13.2 Å². The highest BCUT2D eigenvalue weighted by Crippen LogP contribution is 2.19. The van der Waals surface area contributed by atoms with E-state index in [1.807, 2.05) is 0 Å². The molecule has 0 bridgehead atoms. The summed E-state index contributed by atoms with van der Waals surface area (Å²) >= 11 is 0. The number of nitrogens with one attached hydrogen (secondary N) is 1. The van der Waals surface area contributed by atoms with Crippen molar-refractivity contribution in [1.82, 2.24) is 5.32 Å². The SMILES string of the molecule is CCCCCCCC/C=C\CCCCCCCCOC[C@H]1CNC[C@@H]1COCCCCCCCC/C=C\CCCCCCCC. The second kappa shape index (κ2) is 36.2. The molecule has 45 heavy (non-hydrogen) atoms. The molecule has 1 rings (SSSR count). The van der Waals surface area contributed by atoms with Crippen LogP contribution in [0.4, 0.5) is 0 Å². The van der Waals surface area contributed by atoms with E-state index in [2.05, 4.69) is 43.5 Å². The predicted molar refractivity (Wildman–Crippen MR) is 200 cm³/mol. The van der Waals surface area contributed by atoms with E-state index in [1.165, 1.54) is 180 Å². The summed E-state index contributed by atoms with van der Waals surface area (Å²) in [5.74, 6) is 1.25. The van der Waals surface area contributed by atoms with Crippen molar-refractivity contribution in [2.45, 2.75) is 194 Å². The van der Waals surface area contributed by atoms with Gasteiger partial charge >= 0.3 is 0 Å². The van der Waals surface area contributed by atoms with Crippen molar-refractivity contribution in [3.63, 3.8) is 0 Å². The Morgan fingerprint density at radius 1 is 0.400 bits per heavy atom. The molecule has 0 aromatic carbocycles. The smallest absolute Gasteiger partial charge is 0.0510 e. The van der Waals surface area contributed by atoms with Crippen LogP contribution in [0.3, 0.4) is 0 Å². The van der Waals surface area contributed by atoms with Crippen molar-refractivity contribution in [3.05, 3.63) is 24.3 Å². The van der Waals surface area contributed by atoms with Gasteiger partial charge in [0.1, 0.15) is 0 Å². The van der Waals surface area contributed by atoms with Crippen LogP contribution in [0, 0.1) is 11.8 Å². The van der Waals surface area contributed by atoms with Gasteiger partial charge < -0.3 is 14.8 Å². The molecule has 0 unspecified atom stereocenters. The third-order valence-corrected chi connectivity index (χ3v) is 9.74. The minimum Gasteiger partial charge on any atom is -0.381 e. The Bertz CT molecular complexity index is 566. The Labute approximate surface area is 283 Å². The highest BCUT2D eigenvalue weighted by Gasteiger charge is 2.27. The van der Waals surface area contributed by atoms with Crippen LogP contribution < -0.4 is 5.32 Å². The van der Waals surface area contributed by atoms with Crippen molar-refractivity contribution in [2.75, 3.05) is 39.5 Å². The summed E-state index contributed by atoms with van der Waals surface area (Å²) in [5, 5.41) is 3.57. The molecule has 1 N–H and O–H groups in total. The summed E-state index contributed by atoms with van der Waals surface area (Å²) in [6.45, 7) is 10.4. The van der Waals surface area contributed by atoms with E-state index in [0.29, 0.717) is 11.8 Å². The normalized spacial score (nSPS) is 17.0. The highest BCUT2D eigenvalue weighted by molar-refractivity contribution is 4.82. The Kier molecular flexibility index (Phi) is 34.1. The fraction of sp³-hybridized carbons (Fsp3) is 0.905.